The number of ether oxygens (including phenoxy) is 2. The van der Waals surface area contributed by atoms with Gasteiger partial charge in [0.1, 0.15) is 0 Å². The molecule has 0 spiro atoms. The Balaban J connectivity index is 5.25. The van der Waals surface area contributed by atoms with E-state index in [1.807, 2.05) is 13.8 Å². The van der Waals surface area contributed by atoms with Gasteiger partial charge in [-0.05, 0) is 26.7 Å². The third-order valence-corrected chi connectivity index (χ3v) is 2.41. The van der Waals surface area contributed by atoms with Gasteiger partial charge in [0.05, 0.1) is 13.2 Å². The highest BCUT2D eigenvalue weighted by molar-refractivity contribution is 6.00. The predicted molar refractivity (Wildman–Crippen MR) is 70.1 cm³/mol. The summed E-state index contributed by atoms with van der Waals surface area (Å²) in [6, 6.07) is 0. The largest absolute Gasteiger partial charge is 0.463 e. The Hall–Kier alpha value is -1.32. The second kappa shape index (κ2) is 9.68. The molecule has 0 amide bonds. The van der Waals surface area contributed by atoms with Gasteiger partial charge in [-0.2, -0.15) is 0 Å². The summed E-state index contributed by atoms with van der Waals surface area (Å²) in [5.74, 6) is -0.785. The molecule has 0 rings (SSSR count). The van der Waals surface area contributed by atoms with E-state index in [4.69, 9.17) is 9.47 Å². The molecule has 0 aliphatic rings. The predicted octanol–water partition coefficient (Wildman–Crippen LogP) is 3.01. The van der Waals surface area contributed by atoms with Crippen LogP contribution in [0.2, 0.25) is 0 Å². The van der Waals surface area contributed by atoms with Gasteiger partial charge in [0.15, 0.2) is 0 Å². The van der Waals surface area contributed by atoms with Crippen molar-refractivity contribution in [2.75, 3.05) is 13.2 Å². The highest BCUT2D eigenvalue weighted by Gasteiger charge is 2.21. The van der Waals surface area contributed by atoms with Gasteiger partial charge in [-0.1, -0.05) is 26.7 Å². The van der Waals surface area contributed by atoms with Crippen molar-refractivity contribution >= 4 is 11.9 Å². The maximum atomic E-state index is 11.9. The Morgan fingerprint density at radius 3 is 1.28 bits per heavy atom. The van der Waals surface area contributed by atoms with Crippen LogP contribution in [0.15, 0.2) is 11.1 Å². The summed E-state index contributed by atoms with van der Waals surface area (Å²) in [5.41, 5.74) is 0.944. The molecule has 0 atom stereocenters. The van der Waals surface area contributed by atoms with E-state index >= 15 is 0 Å². The SMILES string of the molecule is CCC/C(C(=O)OCC)=C(\CCC)C(=O)OCC. The Morgan fingerprint density at radius 2 is 1.06 bits per heavy atom. The quantitative estimate of drug-likeness (QED) is 0.495. The van der Waals surface area contributed by atoms with E-state index in [1.54, 1.807) is 13.8 Å². The molecule has 0 N–H and O–H groups in total. The fraction of sp³-hybridized carbons (Fsp3) is 0.714. The van der Waals surface area contributed by atoms with Crippen molar-refractivity contribution in [1.29, 1.82) is 0 Å². The molecular formula is C14H24O4. The van der Waals surface area contributed by atoms with Gasteiger partial charge in [-0.25, -0.2) is 9.59 Å². The first-order valence-corrected chi connectivity index (χ1v) is 6.68. The number of rotatable bonds is 8. The molecule has 4 heteroatoms. The molecule has 0 fully saturated rings. The lowest BCUT2D eigenvalue weighted by molar-refractivity contribution is -0.142. The first kappa shape index (κ1) is 16.7. The van der Waals surface area contributed by atoms with Gasteiger partial charge in [0, 0.05) is 11.1 Å². The van der Waals surface area contributed by atoms with Crippen LogP contribution in [0.4, 0.5) is 0 Å². The molecule has 0 aromatic carbocycles. The van der Waals surface area contributed by atoms with Crippen molar-refractivity contribution in [2.24, 2.45) is 0 Å². The van der Waals surface area contributed by atoms with Crippen molar-refractivity contribution in [1.82, 2.24) is 0 Å². The van der Waals surface area contributed by atoms with Gasteiger partial charge in [0.2, 0.25) is 0 Å². The fourth-order valence-corrected chi connectivity index (χ4v) is 1.69. The molecule has 0 aliphatic heterocycles. The molecule has 0 bridgehead atoms. The van der Waals surface area contributed by atoms with E-state index < -0.39 is 11.9 Å². The fourth-order valence-electron chi connectivity index (χ4n) is 1.69. The summed E-state index contributed by atoms with van der Waals surface area (Å²) in [4.78, 5) is 23.7. The van der Waals surface area contributed by atoms with E-state index in [1.165, 1.54) is 0 Å². The normalized spacial score (nSPS) is 11.8. The molecule has 0 heterocycles. The van der Waals surface area contributed by atoms with Crippen molar-refractivity contribution in [3.63, 3.8) is 0 Å². The van der Waals surface area contributed by atoms with Gasteiger partial charge >= 0.3 is 11.9 Å². The number of carbonyl (C=O) groups excluding carboxylic acids is 2. The number of carbonyl (C=O) groups is 2. The molecule has 0 aromatic heterocycles. The third kappa shape index (κ3) is 5.34. The minimum Gasteiger partial charge on any atom is -0.463 e. The zero-order valence-electron chi connectivity index (χ0n) is 11.9. The average Bonchev–Trinajstić information content (AvgIpc) is 2.34. The molecular weight excluding hydrogens is 232 g/mol. The van der Waals surface area contributed by atoms with E-state index in [9.17, 15) is 9.59 Å². The number of hydrogen-bond acceptors (Lipinski definition) is 4. The lowest BCUT2D eigenvalue weighted by Gasteiger charge is -2.12. The summed E-state index contributed by atoms with van der Waals surface area (Å²) in [6.45, 7) is 8.07. The topological polar surface area (TPSA) is 52.6 Å². The lowest BCUT2D eigenvalue weighted by atomic mass is 10.00. The minimum absolute atomic E-state index is 0.314. The van der Waals surface area contributed by atoms with Gasteiger partial charge < -0.3 is 9.47 Å². The summed E-state index contributed by atoms with van der Waals surface area (Å²) < 4.78 is 10.0. The van der Waals surface area contributed by atoms with Crippen LogP contribution in [-0.4, -0.2) is 25.2 Å². The van der Waals surface area contributed by atoms with E-state index in [-0.39, 0.29) is 0 Å². The molecule has 0 unspecified atom stereocenters. The summed E-state index contributed by atoms with van der Waals surface area (Å²) >= 11 is 0. The Labute approximate surface area is 109 Å². The number of esters is 2. The van der Waals surface area contributed by atoms with Crippen molar-refractivity contribution < 1.29 is 19.1 Å². The molecule has 104 valence electrons. The average molecular weight is 256 g/mol. The van der Waals surface area contributed by atoms with Crippen LogP contribution in [0.1, 0.15) is 53.4 Å². The van der Waals surface area contributed by atoms with Crippen LogP contribution in [0.25, 0.3) is 0 Å². The zero-order chi connectivity index (χ0) is 14.0. The highest BCUT2D eigenvalue weighted by Crippen LogP contribution is 2.19. The lowest BCUT2D eigenvalue weighted by Crippen LogP contribution is -2.17. The molecule has 18 heavy (non-hydrogen) atoms. The smallest absolute Gasteiger partial charge is 0.334 e. The van der Waals surface area contributed by atoms with Crippen LogP contribution < -0.4 is 0 Å². The summed E-state index contributed by atoms with van der Waals surface area (Å²) in [6.07, 6.45) is 2.68. The van der Waals surface area contributed by atoms with Crippen LogP contribution in [0.3, 0.4) is 0 Å². The van der Waals surface area contributed by atoms with Crippen molar-refractivity contribution in [3.8, 4) is 0 Å². The molecule has 0 saturated heterocycles. The standard InChI is InChI=1S/C14H24O4/c1-5-9-11(13(15)17-7-3)12(10-6-2)14(16)18-8-4/h5-10H2,1-4H3/b12-11-. The zero-order valence-corrected chi connectivity index (χ0v) is 11.9. The second-order valence-corrected chi connectivity index (χ2v) is 3.90. The summed E-state index contributed by atoms with van der Waals surface area (Å²) in [5, 5.41) is 0. The monoisotopic (exact) mass is 256 g/mol. The van der Waals surface area contributed by atoms with Crippen molar-refractivity contribution in [2.45, 2.75) is 53.4 Å². The molecule has 0 aliphatic carbocycles. The Kier molecular flexibility index (Phi) is 8.97. The Bertz CT molecular complexity index is 275. The van der Waals surface area contributed by atoms with Crippen LogP contribution in [0, 0.1) is 0 Å². The van der Waals surface area contributed by atoms with Crippen LogP contribution in [0.5, 0.6) is 0 Å². The second-order valence-electron chi connectivity index (χ2n) is 3.90. The van der Waals surface area contributed by atoms with Crippen LogP contribution in [-0.2, 0) is 19.1 Å². The van der Waals surface area contributed by atoms with E-state index in [0.29, 0.717) is 37.2 Å². The van der Waals surface area contributed by atoms with E-state index in [2.05, 4.69) is 0 Å². The third-order valence-electron chi connectivity index (χ3n) is 2.41. The minimum atomic E-state index is -0.393. The van der Waals surface area contributed by atoms with Gasteiger partial charge in [0.25, 0.3) is 0 Å². The highest BCUT2D eigenvalue weighted by atomic mass is 16.5. The molecule has 0 radical (unpaired) electrons. The Morgan fingerprint density at radius 1 is 0.722 bits per heavy atom. The maximum absolute atomic E-state index is 11.9. The molecule has 0 aromatic rings. The first-order chi connectivity index (χ1) is 8.62. The summed E-state index contributed by atoms with van der Waals surface area (Å²) in [7, 11) is 0. The first-order valence-electron chi connectivity index (χ1n) is 6.68. The maximum Gasteiger partial charge on any atom is 0.334 e. The molecule has 4 nitrogen and oxygen atoms in total. The van der Waals surface area contributed by atoms with Crippen molar-refractivity contribution in [3.05, 3.63) is 11.1 Å². The van der Waals surface area contributed by atoms with Crippen LogP contribution >= 0.6 is 0 Å². The molecule has 0 saturated carbocycles. The van der Waals surface area contributed by atoms with E-state index in [0.717, 1.165) is 12.8 Å². The number of hydrogen-bond donors (Lipinski definition) is 0. The van der Waals surface area contributed by atoms with Gasteiger partial charge in [-0.3, -0.25) is 0 Å². The van der Waals surface area contributed by atoms with Gasteiger partial charge in [-0.15, -0.1) is 0 Å².